The van der Waals surface area contributed by atoms with E-state index >= 15 is 0 Å². The number of allylic oxidation sites excluding steroid dienone is 8. The molecule has 0 aromatic rings. The summed E-state index contributed by atoms with van der Waals surface area (Å²) in [6.07, 6.45) is 88.6. The van der Waals surface area contributed by atoms with Crippen LogP contribution in [-0.4, -0.2) is 37.2 Å². The largest absolute Gasteiger partial charge is 0.462 e. The van der Waals surface area contributed by atoms with E-state index in [1.54, 1.807) is 0 Å². The van der Waals surface area contributed by atoms with Crippen LogP contribution in [0.25, 0.3) is 0 Å². The molecule has 1 atom stereocenters. The molecular formula is C75H138O6. The smallest absolute Gasteiger partial charge is 0.306 e. The Morgan fingerprint density at radius 3 is 0.704 bits per heavy atom. The number of hydrogen-bond donors (Lipinski definition) is 0. The second-order valence-corrected chi connectivity index (χ2v) is 24.5. The third-order valence-corrected chi connectivity index (χ3v) is 16.3. The Morgan fingerprint density at radius 2 is 0.444 bits per heavy atom. The van der Waals surface area contributed by atoms with Gasteiger partial charge in [-0.15, -0.1) is 0 Å². The lowest BCUT2D eigenvalue weighted by atomic mass is 10.0. The van der Waals surface area contributed by atoms with Gasteiger partial charge in [0.1, 0.15) is 13.2 Å². The normalized spacial score (nSPS) is 12.3. The number of unbranched alkanes of at least 4 members (excludes halogenated alkanes) is 48. The molecule has 0 amide bonds. The van der Waals surface area contributed by atoms with Crippen LogP contribution in [0.2, 0.25) is 0 Å². The Kier molecular flexibility index (Phi) is 67.6. The molecule has 0 saturated heterocycles. The fourth-order valence-electron chi connectivity index (χ4n) is 10.9. The van der Waals surface area contributed by atoms with E-state index in [1.165, 1.54) is 270 Å². The fraction of sp³-hybridized carbons (Fsp3) is 0.853. The van der Waals surface area contributed by atoms with Gasteiger partial charge >= 0.3 is 17.9 Å². The first-order chi connectivity index (χ1) is 40.0. The maximum absolute atomic E-state index is 13.0. The molecule has 0 saturated carbocycles. The molecule has 0 aliphatic rings. The quantitative estimate of drug-likeness (QED) is 0.0261. The summed E-state index contributed by atoms with van der Waals surface area (Å²) >= 11 is 0. The zero-order valence-corrected chi connectivity index (χ0v) is 54.6. The number of rotatable bonds is 67. The van der Waals surface area contributed by atoms with Gasteiger partial charge in [-0.05, 0) is 83.5 Å². The van der Waals surface area contributed by atoms with Crippen LogP contribution in [0.5, 0.6) is 0 Å². The first kappa shape index (κ1) is 78.4. The van der Waals surface area contributed by atoms with Crippen molar-refractivity contribution in [3.8, 4) is 0 Å². The second-order valence-electron chi connectivity index (χ2n) is 24.5. The summed E-state index contributed by atoms with van der Waals surface area (Å²) in [5, 5.41) is 0. The van der Waals surface area contributed by atoms with Crippen molar-refractivity contribution in [1.82, 2.24) is 0 Å². The highest BCUT2D eigenvalue weighted by molar-refractivity contribution is 5.71. The predicted molar refractivity (Wildman–Crippen MR) is 353 cm³/mol. The van der Waals surface area contributed by atoms with E-state index in [1.807, 2.05) is 0 Å². The zero-order chi connectivity index (χ0) is 58.5. The molecular weight excluding hydrogens is 997 g/mol. The summed E-state index contributed by atoms with van der Waals surface area (Å²) in [5.41, 5.74) is 0. The van der Waals surface area contributed by atoms with E-state index in [2.05, 4.69) is 69.4 Å². The molecule has 0 rings (SSSR count). The summed E-state index contributed by atoms with van der Waals surface area (Å²) in [4.78, 5) is 38.5. The standard InChI is InChI=1S/C75H138O6/c1-4-7-10-13-16-19-22-25-28-30-32-34-36-37-39-40-42-44-47-50-53-56-59-62-65-68-74(77)80-71-72(70-79-73(76)67-64-61-58-55-52-49-46-27-24-21-18-15-12-9-6-3)81-75(78)69-66-63-60-57-54-51-48-45-43-41-38-35-33-31-29-26-23-20-17-14-11-8-5-2/h18,21,23,26-27,31,33,46,72H,4-17,19-20,22,24-25,28-30,32,34-45,47-71H2,1-3H3/b21-18-,26-23-,33-31-,46-27-. The van der Waals surface area contributed by atoms with Crippen molar-refractivity contribution >= 4 is 17.9 Å². The van der Waals surface area contributed by atoms with E-state index in [-0.39, 0.29) is 31.1 Å². The van der Waals surface area contributed by atoms with Crippen LogP contribution in [0.4, 0.5) is 0 Å². The van der Waals surface area contributed by atoms with Crippen molar-refractivity contribution in [2.45, 2.75) is 399 Å². The van der Waals surface area contributed by atoms with Gasteiger partial charge in [0.15, 0.2) is 6.10 Å². The van der Waals surface area contributed by atoms with Gasteiger partial charge in [-0.1, -0.05) is 339 Å². The van der Waals surface area contributed by atoms with E-state index in [9.17, 15) is 14.4 Å². The second kappa shape index (κ2) is 69.9. The van der Waals surface area contributed by atoms with Gasteiger partial charge in [-0.2, -0.15) is 0 Å². The molecule has 0 N–H and O–H groups in total. The number of carbonyl (C=O) groups is 3. The van der Waals surface area contributed by atoms with Gasteiger partial charge in [0.25, 0.3) is 0 Å². The summed E-state index contributed by atoms with van der Waals surface area (Å²) in [6, 6.07) is 0. The van der Waals surface area contributed by atoms with Gasteiger partial charge in [-0.3, -0.25) is 14.4 Å². The zero-order valence-electron chi connectivity index (χ0n) is 54.6. The van der Waals surface area contributed by atoms with Gasteiger partial charge in [0.05, 0.1) is 0 Å². The van der Waals surface area contributed by atoms with Gasteiger partial charge in [0.2, 0.25) is 0 Å². The molecule has 81 heavy (non-hydrogen) atoms. The molecule has 0 aliphatic carbocycles. The highest BCUT2D eigenvalue weighted by Crippen LogP contribution is 2.18. The van der Waals surface area contributed by atoms with Gasteiger partial charge in [0, 0.05) is 19.3 Å². The van der Waals surface area contributed by atoms with Crippen LogP contribution in [-0.2, 0) is 28.6 Å². The van der Waals surface area contributed by atoms with Crippen molar-refractivity contribution in [2.75, 3.05) is 13.2 Å². The van der Waals surface area contributed by atoms with Crippen molar-refractivity contribution in [1.29, 1.82) is 0 Å². The molecule has 0 aromatic carbocycles. The van der Waals surface area contributed by atoms with Crippen LogP contribution >= 0.6 is 0 Å². The van der Waals surface area contributed by atoms with Gasteiger partial charge < -0.3 is 14.2 Å². The van der Waals surface area contributed by atoms with E-state index in [0.717, 1.165) is 83.5 Å². The molecule has 0 spiro atoms. The van der Waals surface area contributed by atoms with Crippen molar-refractivity contribution in [2.24, 2.45) is 0 Å². The molecule has 0 heterocycles. The lowest BCUT2D eigenvalue weighted by molar-refractivity contribution is -0.167. The first-order valence-electron chi connectivity index (χ1n) is 36.1. The topological polar surface area (TPSA) is 78.9 Å². The highest BCUT2D eigenvalue weighted by Gasteiger charge is 2.19. The predicted octanol–water partition coefficient (Wildman–Crippen LogP) is 24.9. The number of ether oxygens (including phenoxy) is 3. The summed E-state index contributed by atoms with van der Waals surface area (Å²) in [5.74, 6) is -0.863. The van der Waals surface area contributed by atoms with Crippen LogP contribution in [0.1, 0.15) is 393 Å². The third-order valence-electron chi connectivity index (χ3n) is 16.3. The van der Waals surface area contributed by atoms with Gasteiger partial charge in [-0.25, -0.2) is 0 Å². The highest BCUT2D eigenvalue weighted by atomic mass is 16.6. The maximum atomic E-state index is 13.0. The molecule has 0 aliphatic heterocycles. The number of hydrogen-bond acceptors (Lipinski definition) is 6. The molecule has 474 valence electrons. The van der Waals surface area contributed by atoms with Crippen LogP contribution in [0, 0.1) is 0 Å². The minimum Gasteiger partial charge on any atom is -0.462 e. The maximum Gasteiger partial charge on any atom is 0.306 e. The molecule has 0 bridgehead atoms. The Balaban J connectivity index is 4.28. The first-order valence-corrected chi connectivity index (χ1v) is 36.1. The van der Waals surface area contributed by atoms with Crippen LogP contribution in [0.3, 0.4) is 0 Å². The average Bonchev–Trinajstić information content (AvgIpc) is 3.47. The summed E-state index contributed by atoms with van der Waals surface area (Å²) < 4.78 is 17.0. The van der Waals surface area contributed by atoms with E-state index < -0.39 is 6.10 Å². The molecule has 0 radical (unpaired) electrons. The third kappa shape index (κ3) is 68.0. The monoisotopic (exact) mass is 1140 g/mol. The molecule has 1 unspecified atom stereocenters. The lowest BCUT2D eigenvalue weighted by Gasteiger charge is -2.18. The average molecular weight is 1140 g/mol. The Hall–Kier alpha value is -2.63. The minimum absolute atomic E-state index is 0.0742. The van der Waals surface area contributed by atoms with Crippen molar-refractivity contribution in [3.05, 3.63) is 48.6 Å². The van der Waals surface area contributed by atoms with E-state index in [4.69, 9.17) is 14.2 Å². The van der Waals surface area contributed by atoms with Crippen molar-refractivity contribution in [3.63, 3.8) is 0 Å². The Labute approximate surface area is 505 Å². The van der Waals surface area contributed by atoms with Crippen LogP contribution in [0.15, 0.2) is 48.6 Å². The lowest BCUT2D eigenvalue weighted by Crippen LogP contribution is -2.30. The molecule has 6 heteroatoms. The number of carbonyl (C=O) groups excluding carboxylic acids is 3. The Morgan fingerprint density at radius 1 is 0.247 bits per heavy atom. The molecule has 0 aromatic heterocycles. The van der Waals surface area contributed by atoms with E-state index in [0.29, 0.717) is 19.3 Å². The number of esters is 3. The summed E-state index contributed by atoms with van der Waals surface area (Å²) in [7, 11) is 0. The molecule has 0 fully saturated rings. The molecule has 6 nitrogen and oxygen atoms in total. The SMILES string of the molecule is CCCCC/C=C\C/C=C\CCCCCCCC(=O)OCC(COC(=O)CCCCCCCCCCCCCCCCCCCCCCCCCCC)OC(=O)CCCCCCCCCCCCC/C=C\C/C=C\CCCCCCC. The Bertz CT molecular complexity index is 1400. The van der Waals surface area contributed by atoms with Crippen LogP contribution < -0.4 is 0 Å². The summed E-state index contributed by atoms with van der Waals surface area (Å²) in [6.45, 7) is 6.66. The fourth-order valence-corrected chi connectivity index (χ4v) is 10.9. The minimum atomic E-state index is -0.780. The van der Waals surface area contributed by atoms with Crippen molar-refractivity contribution < 1.29 is 28.6 Å².